The van der Waals surface area contributed by atoms with Gasteiger partial charge >= 0.3 is 0 Å². The Bertz CT molecular complexity index is 402. The molecule has 1 atom stereocenters. The Hall–Kier alpha value is -0.650. The van der Waals surface area contributed by atoms with Gasteiger partial charge in [-0.1, -0.05) is 0 Å². The predicted octanol–water partition coefficient (Wildman–Crippen LogP) is 1.70. The van der Waals surface area contributed by atoms with Gasteiger partial charge in [0.2, 0.25) is 0 Å². The molecule has 1 aliphatic rings. The van der Waals surface area contributed by atoms with Crippen LogP contribution in [0.4, 0.5) is 0 Å². The minimum Gasteiger partial charge on any atom is -0.332 e. The molecule has 2 rings (SSSR count). The van der Waals surface area contributed by atoms with Crippen molar-refractivity contribution in [3.8, 4) is 0 Å². The Morgan fingerprint density at radius 2 is 2.41 bits per heavy atom. The van der Waals surface area contributed by atoms with E-state index in [0.29, 0.717) is 5.69 Å². The van der Waals surface area contributed by atoms with Crippen molar-refractivity contribution in [2.75, 3.05) is 19.6 Å². The number of aromatic nitrogens is 1. The molecule has 0 unspecified atom stereocenters. The molecule has 94 valence electrons. The van der Waals surface area contributed by atoms with Crippen LogP contribution in [0, 0.1) is 0 Å². The topological polar surface area (TPSA) is 45.2 Å². The Morgan fingerprint density at radius 1 is 1.65 bits per heavy atom. The van der Waals surface area contributed by atoms with Crippen LogP contribution in [0.25, 0.3) is 0 Å². The molecule has 0 radical (unpaired) electrons. The summed E-state index contributed by atoms with van der Waals surface area (Å²) in [5, 5.41) is 3.26. The zero-order valence-electron chi connectivity index (χ0n) is 9.52. The quantitative estimate of drug-likeness (QED) is 0.856. The lowest BCUT2D eigenvalue weighted by molar-refractivity contribution is 0.0648. The summed E-state index contributed by atoms with van der Waals surface area (Å²) in [6, 6.07) is 3.87. The van der Waals surface area contributed by atoms with Gasteiger partial charge in [0, 0.05) is 36.3 Å². The molecule has 0 aromatic carbocycles. The maximum Gasteiger partial charge on any atom is 0.273 e. The molecule has 2 heterocycles. The van der Waals surface area contributed by atoms with Crippen LogP contribution < -0.4 is 5.32 Å². The highest BCUT2D eigenvalue weighted by Crippen LogP contribution is 2.17. The fourth-order valence-corrected chi connectivity index (χ4v) is 2.25. The van der Waals surface area contributed by atoms with Gasteiger partial charge in [-0.15, -0.1) is 12.4 Å². The largest absolute Gasteiger partial charge is 0.332 e. The molecule has 4 nitrogen and oxygen atoms in total. The van der Waals surface area contributed by atoms with Gasteiger partial charge in [-0.25, -0.2) is 4.98 Å². The number of rotatable bonds is 1. The van der Waals surface area contributed by atoms with Crippen LogP contribution in [0.1, 0.15) is 17.4 Å². The molecule has 1 amide bonds. The number of carbonyl (C=O) groups is 1. The van der Waals surface area contributed by atoms with Gasteiger partial charge in [0.1, 0.15) is 5.69 Å². The molecule has 1 N–H and O–H groups in total. The molecule has 0 spiro atoms. The van der Waals surface area contributed by atoms with E-state index >= 15 is 0 Å². The van der Waals surface area contributed by atoms with Crippen LogP contribution in [0.5, 0.6) is 0 Å². The van der Waals surface area contributed by atoms with E-state index in [4.69, 9.17) is 0 Å². The van der Waals surface area contributed by atoms with Crippen LogP contribution in [0.3, 0.4) is 0 Å². The summed E-state index contributed by atoms with van der Waals surface area (Å²) in [5.41, 5.74) is 0.497. The van der Waals surface area contributed by atoms with E-state index in [0.717, 1.165) is 24.1 Å². The lowest BCUT2D eigenvalue weighted by Crippen LogP contribution is -2.52. The number of nitrogens with zero attached hydrogens (tertiary/aromatic N) is 2. The van der Waals surface area contributed by atoms with Crippen molar-refractivity contribution in [3.63, 3.8) is 0 Å². The van der Waals surface area contributed by atoms with Crippen molar-refractivity contribution in [1.29, 1.82) is 0 Å². The Labute approximate surface area is 115 Å². The molecule has 1 saturated heterocycles. The summed E-state index contributed by atoms with van der Waals surface area (Å²) in [7, 11) is 0. The van der Waals surface area contributed by atoms with Gasteiger partial charge in [-0.2, -0.15) is 0 Å². The van der Waals surface area contributed by atoms with E-state index in [1.165, 1.54) is 0 Å². The number of hydrogen-bond donors (Lipinski definition) is 1. The summed E-state index contributed by atoms with van der Waals surface area (Å²) in [4.78, 5) is 18.2. The molecule has 1 fully saturated rings. The van der Waals surface area contributed by atoms with Crippen LogP contribution >= 0.6 is 28.3 Å². The second-order valence-corrected chi connectivity index (χ2v) is 4.74. The molecular formula is C11H15BrClN3O. The van der Waals surface area contributed by atoms with E-state index in [-0.39, 0.29) is 24.4 Å². The summed E-state index contributed by atoms with van der Waals surface area (Å²) in [6.45, 7) is 4.47. The molecule has 6 heteroatoms. The van der Waals surface area contributed by atoms with Gasteiger partial charge in [-0.05, 0) is 35.0 Å². The standard InChI is InChI=1S/C11H14BrN3O.ClH/c1-8-7-13-5-6-15(8)11(16)10-9(12)3-2-4-14-10;/h2-4,8,13H,5-7H2,1H3;1H/t8-;/m0./s1. The molecule has 0 aliphatic carbocycles. The van der Waals surface area contributed by atoms with Crippen molar-refractivity contribution < 1.29 is 4.79 Å². The van der Waals surface area contributed by atoms with Crippen molar-refractivity contribution in [1.82, 2.24) is 15.2 Å². The predicted molar refractivity (Wildman–Crippen MR) is 72.6 cm³/mol. The van der Waals surface area contributed by atoms with Crippen molar-refractivity contribution in [2.24, 2.45) is 0 Å². The first-order chi connectivity index (χ1) is 7.70. The lowest BCUT2D eigenvalue weighted by atomic mass is 10.2. The third-order valence-corrected chi connectivity index (χ3v) is 3.36. The Balaban J connectivity index is 0.00000144. The normalized spacial score (nSPS) is 19.6. The van der Waals surface area contributed by atoms with Gasteiger partial charge in [0.15, 0.2) is 0 Å². The molecule has 17 heavy (non-hydrogen) atoms. The lowest BCUT2D eigenvalue weighted by Gasteiger charge is -2.33. The SMILES string of the molecule is C[C@H]1CNCCN1C(=O)c1ncccc1Br.Cl. The summed E-state index contributed by atoms with van der Waals surface area (Å²) in [5.74, 6) is 0.00137. The van der Waals surface area contributed by atoms with Crippen LogP contribution in [0.15, 0.2) is 22.8 Å². The van der Waals surface area contributed by atoms with Crippen LogP contribution in [-0.2, 0) is 0 Å². The highest BCUT2D eigenvalue weighted by Gasteiger charge is 2.25. The van der Waals surface area contributed by atoms with Gasteiger partial charge in [0.05, 0.1) is 0 Å². The van der Waals surface area contributed by atoms with E-state index in [1.807, 2.05) is 24.0 Å². The van der Waals surface area contributed by atoms with E-state index in [1.54, 1.807) is 6.20 Å². The first kappa shape index (κ1) is 14.4. The minimum absolute atomic E-state index is 0. The minimum atomic E-state index is 0. The fourth-order valence-electron chi connectivity index (χ4n) is 1.82. The second kappa shape index (κ2) is 6.33. The number of hydrogen-bond acceptors (Lipinski definition) is 3. The highest BCUT2D eigenvalue weighted by molar-refractivity contribution is 9.10. The van der Waals surface area contributed by atoms with Crippen LogP contribution in [-0.4, -0.2) is 41.5 Å². The maximum atomic E-state index is 12.2. The summed E-state index contributed by atoms with van der Waals surface area (Å²) >= 11 is 3.36. The zero-order valence-corrected chi connectivity index (χ0v) is 11.9. The molecule has 0 saturated carbocycles. The average Bonchev–Trinajstić information content (AvgIpc) is 2.29. The fraction of sp³-hybridized carbons (Fsp3) is 0.455. The van der Waals surface area contributed by atoms with Crippen molar-refractivity contribution in [3.05, 3.63) is 28.5 Å². The van der Waals surface area contributed by atoms with Crippen molar-refractivity contribution >= 4 is 34.2 Å². The third kappa shape index (κ3) is 3.18. The molecule has 1 aromatic rings. The highest BCUT2D eigenvalue weighted by atomic mass is 79.9. The first-order valence-corrected chi connectivity index (χ1v) is 6.11. The number of amides is 1. The van der Waals surface area contributed by atoms with E-state index < -0.39 is 0 Å². The van der Waals surface area contributed by atoms with E-state index in [9.17, 15) is 4.79 Å². The zero-order chi connectivity index (χ0) is 11.5. The van der Waals surface area contributed by atoms with E-state index in [2.05, 4.69) is 26.2 Å². The molecular weight excluding hydrogens is 305 g/mol. The summed E-state index contributed by atoms with van der Waals surface area (Å²) in [6.07, 6.45) is 1.64. The molecule has 1 aromatic heterocycles. The Kier molecular flexibility index (Phi) is 5.36. The molecule has 0 bridgehead atoms. The number of pyridine rings is 1. The first-order valence-electron chi connectivity index (χ1n) is 5.32. The maximum absolute atomic E-state index is 12.2. The summed E-state index contributed by atoms with van der Waals surface area (Å²) < 4.78 is 0.755. The number of carbonyl (C=O) groups excluding carboxylic acids is 1. The number of nitrogens with one attached hydrogen (secondary N) is 1. The van der Waals surface area contributed by atoms with Gasteiger partial charge in [0.25, 0.3) is 5.91 Å². The third-order valence-electron chi connectivity index (χ3n) is 2.72. The van der Waals surface area contributed by atoms with Gasteiger partial charge < -0.3 is 10.2 Å². The molecule has 1 aliphatic heterocycles. The Morgan fingerprint density at radius 3 is 3.06 bits per heavy atom. The van der Waals surface area contributed by atoms with Crippen LogP contribution in [0.2, 0.25) is 0 Å². The number of halogens is 2. The van der Waals surface area contributed by atoms with Crippen molar-refractivity contribution in [2.45, 2.75) is 13.0 Å². The van der Waals surface area contributed by atoms with Gasteiger partial charge in [-0.3, -0.25) is 4.79 Å². The second-order valence-electron chi connectivity index (χ2n) is 3.89. The monoisotopic (exact) mass is 319 g/mol. The smallest absolute Gasteiger partial charge is 0.273 e. The number of piperazine rings is 1. The average molecular weight is 321 g/mol.